The average Bonchev–Trinajstić information content (AvgIpc) is 3.18. The van der Waals surface area contributed by atoms with Gasteiger partial charge in [0.15, 0.2) is 11.6 Å². The van der Waals surface area contributed by atoms with Crippen molar-refractivity contribution in [1.29, 1.82) is 0 Å². The molecule has 126 valence electrons. The summed E-state index contributed by atoms with van der Waals surface area (Å²) in [5.74, 6) is 3.10. The number of aryl methyl sites for hydroxylation is 2. The molecule has 1 aliphatic rings. The molecule has 2 aromatic rings. The lowest BCUT2D eigenvalue weighted by atomic mass is 10.2. The van der Waals surface area contributed by atoms with Gasteiger partial charge in [0.05, 0.1) is 13.2 Å². The van der Waals surface area contributed by atoms with Crippen LogP contribution in [0.4, 0.5) is 0 Å². The first kappa shape index (κ1) is 16.1. The van der Waals surface area contributed by atoms with Gasteiger partial charge >= 0.3 is 0 Å². The van der Waals surface area contributed by atoms with Crippen molar-refractivity contribution in [3.63, 3.8) is 0 Å². The van der Waals surface area contributed by atoms with Crippen molar-refractivity contribution in [3.8, 4) is 0 Å². The van der Waals surface area contributed by atoms with Gasteiger partial charge in [0.2, 0.25) is 5.89 Å². The molecule has 8 heteroatoms. The van der Waals surface area contributed by atoms with Gasteiger partial charge < -0.3 is 9.26 Å². The molecule has 3 rings (SSSR count). The van der Waals surface area contributed by atoms with Crippen LogP contribution in [0.3, 0.4) is 0 Å². The average molecular weight is 320 g/mol. The maximum atomic E-state index is 5.82. The molecular weight excluding hydrogens is 296 g/mol. The minimum absolute atomic E-state index is 0.104. The van der Waals surface area contributed by atoms with Crippen molar-refractivity contribution in [2.45, 2.75) is 52.2 Å². The van der Waals surface area contributed by atoms with Crippen LogP contribution in [-0.4, -0.2) is 49.9 Å². The second-order valence-corrected chi connectivity index (χ2v) is 5.84. The number of nitrogens with zero attached hydrogens (tertiary/aromatic N) is 5. The molecule has 8 nitrogen and oxygen atoms in total. The molecule has 0 radical (unpaired) electrons. The number of hydrogen-bond acceptors (Lipinski definition) is 7. The van der Waals surface area contributed by atoms with Crippen LogP contribution < -0.4 is 0 Å². The minimum atomic E-state index is -0.104. The molecule has 0 saturated carbocycles. The minimum Gasteiger partial charge on any atom is -0.367 e. The Bertz CT molecular complexity index is 611. The van der Waals surface area contributed by atoms with Gasteiger partial charge in [0.25, 0.3) is 0 Å². The van der Waals surface area contributed by atoms with Crippen LogP contribution in [-0.2, 0) is 24.1 Å². The Morgan fingerprint density at radius 2 is 2.09 bits per heavy atom. The highest BCUT2D eigenvalue weighted by Gasteiger charge is 2.26. The van der Waals surface area contributed by atoms with Crippen LogP contribution >= 0.6 is 0 Å². The van der Waals surface area contributed by atoms with Crippen LogP contribution in [0.15, 0.2) is 4.52 Å². The molecule has 1 N–H and O–H groups in total. The van der Waals surface area contributed by atoms with E-state index in [-0.39, 0.29) is 6.10 Å². The van der Waals surface area contributed by atoms with Gasteiger partial charge in [0.1, 0.15) is 11.9 Å². The van der Waals surface area contributed by atoms with Crippen molar-refractivity contribution < 1.29 is 9.26 Å². The van der Waals surface area contributed by atoms with E-state index in [1.54, 1.807) is 0 Å². The Hall–Kier alpha value is -1.80. The SMILES string of the molecule is CCCc1nc(C2CN(Cc3noc(CCC)n3)CCO2)n[nH]1. The second-order valence-electron chi connectivity index (χ2n) is 5.84. The summed E-state index contributed by atoms with van der Waals surface area (Å²) in [7, 11) is 0. The van der Waals surface area contributed by atoms with E-state index in [4.69, 9.17) is 9.26 Å². The van der Waals surface area contributed by atoms with Gasteiger partial charge in [-0.1, -0.05) is 19.0 Å². The predicted molar refractivity (Wildman–Crippen MR) is 82.6 cm³/mol. The van der Waals surface area contributed by atoms with Crippen molar-refractivity contribution >= 4 is 0 Å². The van der Waals surface area contributed by atoms with Gasteiger partial charge in [-0.3, -0.25) is 10.00 Å². The lowest BCUT2D eigenvalue weighted by Gasteiger charge is -2.30. The van der Waals surface area contributed by atoms with Gasteiger partial charge in [-0.15, -0.1) is 0 Å². The van der Waals surface area contributed by atoms with E-state index in [0.717, 1.165) is 56.2 Å². The molecule has 0 amide bonds. The van der Waals surface area contributed by atoms with Gasteiger partial charge in [0, 0.05) is 25.9 Å². The topological polar surface area (TPSA) is 93.0 Å². The molecule has 1 unspecified atom stereocenters. The molecule has 2 aromatic heterocycles. The van der Waals surface area contributed by atoms with E-state index >= 15 is 0 Å². The van der Waals surface area contributed by atoms with Crippen molar-refractivity contribution in [2.24, 2.45) is 0 Å². The number of H-pyrrole nitrogens is 1. The van der Waals surface area contributed by atoms with Gasteiger partial charge in [-0.25, -0.2) is 4.98 Å². The lowest BCUT2D eigenvalue weighted by molar-refractivity contribution is -0.0379. The number of nitrogens with one attached hydrogen (secondary N) is 1. The first-order valence-electron chi connectivity index (χ1n) is 8.35. The maximum absolute atomic E-state index is 5.82. The van der Waals surface area contributed by atoms with E-state index in [1.165, 1.54) is 0 Å². The van der Waals surface area contributed by atoms with Crippen molar-refractivity contribution in [1.82, 2.24) is 30.2 Å². The summed E-state index contributed by atoms with van der Waals surface area (Å²) >= 11 is 0. The molecule has 3 heterocycles. The fourth-order valence-corrected chi connectivity index (χ4v) is 2.67. The zero-order valence-corrected chi connectivity index (χ0v) is 13.8. The molecular formula is C15H24N6O2. The number of morpholine rings is 1. The zero-order chi connectivity index (χ0) is 16.1. The molecule has 1 aliphatic heterocycles. The fraction of sp³-hybridized carbons (Fsp3) is 0.733. The molecule has 1 atom stereocenters. The fourth-order valence-electron chi connectivity index (χ4n) is 2.67. The number of hydrogen-bond donors (Lipinski definition) is 1. The Balaban J connectivity index is 1.58. The quantitative estimate of drug-likeness (QED) is 0.829. The van der Waals surface area contributed by atoms with Gasteiger partial charge in [-0.05, 0) is 12.8 Å². The summed E-state index contributed by atoms with van der Waals surface area (Å²) in [5.41, 5.74) is 0. The van der Waals surface area contributed by atoms with E-state index in [0.29, 0.717) is 19.0 Å². The second kappa shape index (κ2) is 7.65. The highest BCUT2D eigenvalue weighted by Crippen LogP contribution is 2.20. The summed E-state index contributed by atoms with van der Waals surface area (Å²) < 4.78 is 11.1. The van der Waals surface area contributed by atoms with Crippen LogP contribution in [0.1, 0.15) is 56.2 Å². The number of rotatable bonds is 7. The summed E-state index contributed by atoms with van der Waals surface area (Å²) in [4.78, 5) is 11.2. The summed E-state index contributed by atoms with van der Waals surface area (Å²) in [5, 5.41) is 11.3. The lowest BCUT2D eigenvalue weighted by Crippen LogP contribution is -2.38. The molecule has 0 bridgehead atoms. The largest absolute Gasteiger partial charge is 0.367 e. The zero-order valence-electron chi connectivity index (χ0n) is 13.8. The monoisotopic (exact) mass is 320 g/mol. The highest BCUT2D eigenvalue weighted by atomic mass is 16.5. The summed E-state index contributed by atoms with van der Waals surface area (Å²) in [6, 6.07) is 0. The van der Waals surface area contributed by atoms with Crippen molar-refractivity contribution in [3.05, 3.63) is 23.4 Å². The standard InChI is InChI=1S/C15H24N6O2/c1-3-5-12-17-15(19-18-12)11-9-21(7-8-22-11)10-13-16-14(6-4-2)23-20-13/h11H,3-10H2,1-2H3,(H,17,18,19). The Kier molecular flexibility index (Phi) is 5.35. The van der Waals surface area contributed by atoms with Crippen LogP contribution in [0.25, 0.3) is 0 Å². The molecule has 1 fully saturated rings. The van der Waals surface area contributed by atoms with Gasteiger partial charge in [-0.2, -0.15) is 10.1 Å². The number of aromatic amines is 1. The molecule has 0 spiro atoms. The smallest absolute Gasteiger partial charge is 0.226 e. The summed E-state index contributed by atoms with van der Waals surface area (Å²) in [6.45, 7) is 7.13. The van der Waals surface area contributed by atoms with Crippen LogP contribution in [0.5, 0.6) is 0 Å². The van der Waals surface area contributed by atoms with E-state index < -0.39 is 0 Å². The molecule has 0 aliphatic carbocycles. The third-order valence-corrected chi connectivity index (χ3v) is 3.81. The maximum Gasteiger partial charge on any atom is 0.226 e. The summed E-state index contributed by atoms with van der Waals surface area (Å²) in [6.07, 6.45) is 3.69. The Morgan fingerprint density at radius 1 is 1.22 bits per heavy atom. The molecule has 1 saturated heterocycles. The van der Waals surface area contributed by atoms with Crippen LogP contribution in [0.2, 0.25) is 0 Å². The van der Waals surface area contributed by atoms with Crippen LogP contribution in [0, 0.1) is 0 Å². The third-order valence-electron chi connectivity index (χ3n) is 3.81. The first-order chi connectivity index (χ1) is 11.3. The molecule has 0 aromatic carbocycles. The predicted octanol–water partition coefficient (Wildman–Crippen LogP) is 1.67. The first-order valence-corrected chi connectivity index (χ1v) is 8.35. The Labute approximate surface area is 135 Å². The van der Waals surface area contributed by atoms with Crippen molar-refractivity contribution in [2.75, 3.05) is 19.7 Å². The normalized spacial score (nSPS) is 19.3. The third kappa shape index (κ3) is 4.14. The number of ether oxygens (including phenoxy) is 1. The Morgan fingerprint density at radius 3 is 2.91 bits per heavy atom. The molecule has 23 heavy (non-hydrogen) atoms. The number of aromatic nitrogens is 5. The van der Waals surface area contributed by atoms with E-state index in [1.807, 2.05) is 0 Å². The highest BCUT2D eigenvalue weighted by molar-refractivity contribution is 4.97. The van der Waals surface area contributed by atoms with E-state index in [9.17, 15) is 0 Å². The van der Waals surface area contributed by atoms with E-state index in [2.05, 4.69) is 44.1 Å².